The number of hydrogen-bond acceptors (Lipinski definition) is 3. The summed E-state index contributed by atoms with van der Waals surface area (Å²) in [7, 11) is 0. The topological polar surface area (TPSA) is 70.2 Å². The number of hydrogen-bond donors (Lipinski definition) is 3. The van der Waals surface area contributed by atoms with Crippen LogP contribution < -0.4 is 16.2 Å². The zero-order valence-electron chi connectivity index (χ0n) is 7.79. The van der Waals surface area contributed by atoms with E-state index in [4.69, 9.17) is 11.6 Å². The minimum absolute atomic E-state index is 0.251. The fourth-order valence-corrected chi connectivity index (χ4v) is 0.909. The van der Waals surface area contributed by atoms with Crippen molar-refractivity contribution >= 4 is 29.2 Å². The minimum atomic E-state index is -0.649. The third kappa shape index (κ3) is 4.33. The van der Waals surface area contributed by atoms with E-state index in [9.17, 15) is 9.59 Å². The first kappa shape index (κ1) is 11.3. The number of halogens is 1. The molecule has 0 saturated carbocycles. The summed E-state index contributed by atoms with van der Waals surface area (Å²) in [5, 5.41) is 2.02. The van der Waals surface area contributed by atoms with E-state index in [2.05, 4.69) is 10.9 Å². The van der Waals surface area contributed by atoms with Crippen LogP contribution >= 0.6 is 11.6 Å². The SMILES string of the molecule is O=C(CCl)NC(=O)NNc1ccccc1. The maximum atomic E-state index is 11.0. The Bertz CT molecular complexity index is 342. The molecule has 0 aliphatic heterocycles. The van der Waals surface area contributed by atoms with Crippen molar-refractivity contribution in [2.24, 2.45) is 0 Å². The van der Waals surface area contributed by atoms with Gasteiger partial charge in [0.15, 0.2) is 0 Å². The lowest BCUT2D eigenvalue weighted by Gasteiger charge is -2.07. The van der Waals surface area contributed by atoms with Gasteiger partial charge in [-0.05, 0) is 12.1 Å². The molecule has 0 aliphatic carbocycles. The Labute approximate surface area is 91.8 Å². The van der Waals surface area contributed by atoms with Gasteiger partial charge in [-0.1, -0.05) is 18.2 Å². The molecule has 1 aromatic rings. The third-order valence-electron chi connectivity index (χ3n) is 1.47. The molecule has 0 heterocycles. The molecule has 0 radical (unpaired) electrons. The van der Waals surface area contributed by atoms with Gasteiger partial charge in [0, 0.05) is 0 Å². The Morgan fingerprint density at radius 2 is 1.87 bits per heavy atom. The molecule has 0 aromatic heterocycles. The Morgan fingerprint density at radius 1 is 1.20 bits per heavy atom. The maximum Gasteiger partial charge on any atom is 0.340 e. The molecule has 0 saturated heterocycles. The lowest BCUT2D eigenvalue weighted by atomic mass is 10.3. The molecular formula is C9H10ClN3O2. The Balaban J connectivity index is 2.32. The predicted octanol–water partition coefficient (Wildman–Crippen LogP) is 1.08. The van der Waals surface area contributed by atoms with Crippen LogP contribution in [0.2, 0.25) is 0 Å². The van der Waals surface area contributed by atoms with E-state index in [1.165, 1.54) is 0 Å². The number of imide groups is 1. The molecular weight excluding hydrogens is 218 g/mol. The van der Waals surface area contributed by atoms with Crippen LogP contribution in [0.3, 0.4) is 0 Å². The number of hydrazine groups is 1. The molecule has 6 heteroatoms. The molecule has 0 bridgehead atoms. The molecule has 0 spiro atoms. The number of urea groups is 1. The summed E-state index contributed by atoms with van der Waals surface area (Å²) in [6.07, 6.45) is 0. The molecule has 1 aromatic carbocycles. The average Bonchev–Trinajstić information content (AvgIpc) is 2.27. The van der Waals surface area contributed by atoms with Gasteiger partial charge in [-0.2, -0.15) is 0 Å². The van der Waals surface area contributed by atoms with Gasteiger partial charge in [-0.15, -0.1) is 11.6 Å². The molecule has 0 atom stereocenters. The van der Waals surface area contributed by atoms with Crippen molar-refractivity contribution in [1.82, 2.24) is 10.7 Å². The number of para-hydroxylation sites is 1. The normalized spacial score (nSPS) is 9.13. The van der Waals surface area contributed by atoms with Crippen molar-refractivity contribution in [2.45, 2.75) is 0 Å². The molecule has 0 aliphatic rings. The van der Waals surface area contributed by atoms with Gasteiger partial charge >= 0.3 is 6.03 Å². The summed E-state index contributed by atoms with van der Waals surface area (Å²) in [6.45, 7) is 0. The van der Waals surface area contributed by atoms with Crippen molar-refractivity contribution in [3.63, 3.8) is 0 Å². The highest BCUT2D eigenvalue weighted by atomic mass is 35.5. The highest BCUT2D eigenvalue weighted by Crippen LogP contribution is 2.01. The van der Waals surface area contributed by atoms with Crippen molar-refractivity contribution in [3.05, 3.63) is 30.3 Å². The molecule has 0 fully saturated rings. The lowest BCUT2D eigenvalue weighted by Crippen LogP contribution is -2.42. The third-order valence-corrected chi connectivity index (χ3v) is 1.71. The van der Waals surface area contributed by atoms with E-state index in [-0.39, 0.29) is 5.88 Å². The van der Waals surface area contributed by atoms with Gasteiger partial charge < -0.3 is 0 Å². The Morgan fingerprint density at radius 3 is 2.47 bits per heavy atom. The highest BCUT2D eigenvalue weighted by Gasteiger charge is 2.04. The van der Waals surface area contributed by atoms with Crippen LogP contribution in [0.1, 0.15) is 0 Å². The van der Waals surface area contributed by atoms with Crippen molar-refractivity contribution in [3.8, 4) is 0 Å². The van der Waals surface area contributed by atoms with Crippen molar-refractivity contribution in [1.29, 1.82) is 0 Å². The Hall–Kier alpha value is -1.75. The van der Waals surface area contributed by atoms with Crippen LogP contribution in [0.4, 0.5) is 10.5 Å². The van der Waals surface area contributed by atoms with Gasteiger partial charge in [0.25, 0.3) is 0 Å². The van der Waals surface area contributed by atoms with Crippen LogP contribution in [0.5, 0.6) is 0 Å². The second kappa shape index (κ2) is 5.87. The molecule has 1 rings (SSSR count). The molecule has 3 N–H and O–H groups in total. The zero-order chi connectivity index (χ0) is 11.1. The minimum Gasteiger partial charge on any atom is -0.297 e. The second-order valence-corrected chi connectivity index (χ2v) is 2.89. The largest absolute Gasteiger partial charge is 0.340 e. The van der Waals surface area contributed by atoms with Gasteiger partial charge in [0.2, 0.25) is 5.91 Å². The van der Waals surface area contributed by atoms with Crippen LogP contribution in [-0.2, 0) is 4.79 Å². The number of nitrogens with one attached hydrogen (secondary N) is 3. The smallest absolute Gasteiger partial charge is 0.297 e. The number of rotatable bonds is 3. The highest BCUT2D eigenvalue weighted by molar-refractivity contribution is 6.28. The first-order valence-corrected chi connectivity index (χ1v) is 4.72. The number of amides is 3. The standard InChI is InChI=1S/C9H10ClN3O2/c10-6-8(14)11-9(15)13-12-7-4-2-1-3-5-7/h1-5,12H,6H2,(H2,11,13,14,15). The maximum absolute atomic E-state index is 11.0. The van der Waals surface area contributed by atoms with E-state index in [0.717, 1.165) is 0 Å². The quantitative estimate of drug-likeness (QED) is 0.535. The van der Waals surface area contributed by atoms with E-state index >= 15 is 0 Å². The summed E-state index contributed by atoms with van der Waals surface area (Å²) in [6, 6.07) is 8.36. The van der Waals surface area contributed by atoms with Crippen LogP contribution in [-0.4, -0.2) is 17.8 Å². The molecule has 80 valence electrons. The summed E-state index contributed by atoms with van der Waals surface area (Å²) < 4.78 is 0. The van der Waals surface area contributed by atoms with Gasteiger partial charge in [-0.3, -0.25) is 21.0 Å². The average molecular weight is 228 g/mol. The summed E-state index contributed by atoms with van der Waals surface area (Å²) in [4.78, 5) is 21.7. The Kier molecular flexibility index (Phi) is 4.43. The van der Waals surface area contributed by atoms with Crippen LogP contribution in [0.25, 0.3) is 0 Å². The van der Waals surface area contributed by atoms with Crippen molar-refractivity contribution < 1.29 is 9.59 Å². The van der Waals surface area contributed by atoms with Gasteiger partial charge in [0.05, 0.1) is 5.69 Å². The van der Waals surface area contributed by atoms with E-state index < -0.39 is 11.9 Å². The monoisotopic (exact) mass is 227 g/mol. The van der Waals surface area contributed by atoms with E-state index in [1.54, 1.807) is 12.1 Å². The zero-order valence-corrected chi connectivity index (χ0v) is 8.54. The van der Waals surface area contributed by atoms with E-state index in [0.29, 0.717) is 5.69 Å². The van der Waals surface area contributed by atoms with Gasteiger partial charge in [0.1, 0.15) is 5.88 Å². The predicted molar refractivity (Wildman–Crippen MR) is 57.5 cm³/mol. The summed E-state index contributed by atoms with van der Waals surface area (Å²) >= 11 is 5.20. The number of benzene rings is 1. The summed E-state index contributed by atoms with van der Waals surface area (Å²) in [5.41, 5.74) is 5.62. The molecule has 0 unspecified atom stereocenters. The van der Waals surface area contributed by atoms with Gasteiger partial charge in [-0.25, -0.2) is 4.79 Å². The summed E-state index contributed by atoms with van der Waals surface area (Å²) in [5.74, 6) is -0.803. The lowest BCUT2D eigenvalue weighted by molar-refractivity contribution is -0.117. The fraction of sp³-hybridized carbons (Fsp3) is 0.111. The number of carbonyl (C=O) groups is 2. The molecule has 15 heavy (non-hydrogen) atoms. The first-order valence-electron chi connectivity index (χ1n) is 4.19. The fourth-order valence-electron chi connectivity index (χ4n) is 0.842. The first-order chi connectivity index (χ1) is 7.22. The second-order valence-electron chi connectivity index (χ2n) is 2.63. The van der Waals surface area contributed by atoms with Crippen molar-refractivity contribution in [2.75, 3.05) is 11.3 Å². The van der Waals surface area contributed by atoms with Crippen LogP contribution in [0.15, 0.2) is 30.3 Å². The van der Waals surface area contributed by atoms with E-state index in [1.807, 2.05) is 23.5 Å². The number of alkyl halides is 1. The van der Waals surface area contributed by atoms with Crippen LogP contribution in [0, 0.1) is 0 Å². The molecule has 3 amide bonds. The molecule has 5 nitrogen and oxygen atoms in total. The number of anilines is 1. The number of carbonyl (C=O) groups excluding carboxylic acids is 2.